The average molecular weight is 357 g/mol. The fourth-order valence-corrected chi connectivity index (χ4v) is 2.23. The van der Waals surface area contributed by atoms with E-state index in [0.717, 1.165) is 5.75 Å². The van der Waals surface area contributed by atoms with Crippen molar-refractivity contribution in [3.63, 3.8) is 0 Å². The number of likely N-dealkylation sites (N-methyl/N-ethyl adjacent to an activating group) is 1. The Morgan fingerprint density at radius 1 is 0.923 bits per heavy atom. The van der Waals surface area contributed by atoms with E-state index in [1.807, 2.05) is 13.0 Å². The van der Waals surface area contributed by atoms with Gasteiger partial charge in [0.05, 0.1) is 6.61 Å². The van der Waals surface area contributed by atoms with Crippen molar-refractivity contribution in [2.45, 2.75) is 13.0 Å². The van der Waals surface area contributed by atoms with Gasteiger partial charge in [-0.15, -0.1) is 0 Å². The number of esters is 1. The SMILES string of the molecule is CCOc1ccc(OCC(=O)O[C@@H](C(=O)N(C)C)c2ccccc2)cc1. The monoisotopic (exact) mass is 357 g/mol. The van der Waals surface area contributed by atoms with Gasteiger partial charge in [0.15, 0.2) is 6.61 Å². The van der Waals surface area contributed by atoms with E-state index in [9.17, 15) is 9.59 Å². The highest BCUT2D eigenvalue weighted by Gasteiger charge is 2.26. The van der Waals surface area contributed by atoms with Crippen LogP contribution in [-0.4, -0.2) is 44.1 Å². The number of benzene rings is 2. The minimum absolute atomic E-state index is 0.294. The van der Waals surface area contributed by atoms with E-state index in [-0.39, 0.29) is 12.5 Å². The van der Waals surface area contributed by atoms with Crippen molar-refractivity contribution in [1.29, 1.82) is 0 Å². The molecule has 6 heteroatoms. The lowest BCUT2D eigenvalue weighted by Crippen LogP contribution is -2.32. The number of rotatable bonds is 8. The van der Waals surface area contributed by atoms with Gasteiger partial charge in [-0.05, 0) is 31.2 Å². The summed E-state index contributed by atoms with van der Waals surface area (Å²) in [4.78, 5) is 25.9. The molecule has 2 rings (SSSR count). The molecule has 2 aromatic rings. The molecule has 0 aliphatic carbocycles. The van der Waals surface area contributed by atoms with Crippen LogP contribution in [-0.2, 0) is 14.3 Å². The summed E-state index contributed by atoms with van der Waals surface area (Å²) in [5.74, 6) is 0.303. The molecule has 0 aromatic heterocycles. The zero-order valence-electron chi connectivity index (χ0n) is 15.2. The summed E-state index contributed by atoms with van der Waals surface area (Å²) in [5, 5.41) is 0. The van der Waals surface area contributed by atoms with Crippen molar-refractivity contribution in [3.8, 4) is 11.5 Å². The molecule has 0 bridgehead atoms. The fourth-order valence-electron chi connectivity index (χ4n) is 2.23. The molecule has 6 nitrogen and oxygen atoms in total. The highest BCUT2D eigenvalue weighted by atomic mass is 16.6. The lowest BCUT2D eigenvalue weighted by atomic mass is 10.1. The molecule has 26 heavy (non-hydrogen) atoms. The zero-order valence-corrected chi connectivity index (χ0v) is 15.2. The molecule has 0 unspecified atom stereocenters. The van der Waals surface area contributed by atoms with Gasteiger partial charge in [-0.1, -0.05) is 30.3 Å². The van der Waals surface area contributed by atoms with Gasteiger partial charge in [-0.3, -0.25) is 4.79 Å². The first-order valence-electron chi connectivity index (χ1n) is 8.32. The van der Waals surface area contributed by atoms with Crippen LogP contribution in [0.3, 0.4) is 0 Å². The molecule has 0 aliphatic rings. The molecule has 0 radical (unpaired) electrons. The number of hydrogen-bond acceptors (Lipinski definition) is 5. The second kappa shape index (κ2) is 9.46. The van der Waals surface area contributed by atoms with Crippen molar-refractivity contribution >= 4 is 11.9 Å². The molecular formula is C20H23NO5. The first kappa shape index (κ1) is 19.3. The van der Waals surface area contributed by atoms with Crippen LogP contribution in [0.1, 0.15) is 18.6 Å². The highest BCUT2D eigenvalue weighted by Crippen LogP contribution is 2.21. The molecule has 0 heterocycles. The minimum Gasteiger partial charge on any atom is -0.494 e. The summed E-state index contributed by atoms with van der Waals surface area (Å²) in [6.07, 6.45) is -0.998. The van der Waals surface area contributed by atoms with E-state index in [1.54, 1.807) is 62.6 Å². The zero-order chi connectivity index (χ0) is 18.9. The summed E-state index contributed by atoms with van der Waals surface area (Å²) in [6, 6.07) is 15.8. The molecular weight excluding hydrogens is 334 g/mol. The van der Waals surface area contributed by atoms with Crippen molar-refractivity contribution in [3.05, 3.63) is 60.2 Å². The van der Waals surface area contributed by atoms with Crippen LogP contribution in [0.5, 0.6) is 11.5 Å². The maximum atomic E-state index is 12.3. The van der Waals surface area contributed by atoms with Gasteiger partial charge in [0.1, 0.15) is 11.5 Å². The smallest absolute Gasteiger partial charge is 0.345 e. The Balaban J connectivity index is 1.97. The maximum absolute atomic E-state index is 12.3. The quantitative estimate of drug-likeness (QED) is 0.680. The molecule has 2 aromatic carbocycles. The molecule has 1 amide bonds. The number of nitrogens with zero attached hydrogens (tertiary/aromatic N) is 1. The van der Waals surface area contributed by atoms with E-state index in [2.05, 4.69) is 0 Å². The lowest BCUT2D eigenvalue weighted by Gasteiger charge is -2.21. The number of carbonyl (C=O) groups is 2. The third-order valence-corrected chi connectivity index (χ3v) is 3.51. The standard InChI is InChI=1S/C20H23NO5/c1-4-24-16-10-12-17(13-11-16)25-14-18(22)26-19(20(23)21(2)3)15-8-6-5-7-9-15/h5-13,19H,4,14H2,1-3H3/t19-/m1/s1. The van der Waals surface area contributed by atoms with Gasteiger partial charge < -0.3 is 19.1 Å². The Morgan fingerprint density at radius 2 is 1.50 bits per heavy atom. The van der Waals surface area contributed by atoms with Crippen LogP contribution in [0, 0.1) is 0 Å². The van der Waals surface area contributed by atoms with E-state index in [4.69, 9.17) is 14.2 Å². The normalized spacial score (nSPS) is 11.3. The van der Waals surface area contributed by atoms with Crippen LogP contribution in [0.15, 0.2) is 54.6 Å². The molecule has 0 fully saturated rings. The average Bonchev–Trinajstić information content (AvgIpc) is 2.66. The van der Waals surface area contributed by atoms with Crippen molar-refractivity contribution in [1.82, 2.24) is 4.90 Å². The Morgan fingerprint density at radius 3 is 2.04 bits per heavy atom. The Hall–Kier alpha value is -3.02. The summed E-state index contributed by atoms with van der Waals surface area (Å²) < 4.78 is 16.1. The van der Waals surface area contributed by atoms with Crippen LogP contribution in [0.4, 0.5) is 0 Å². The van der Waals surface area contributed by atoms with Crippen LogP contribution < -0.4 is 9.47 Å². The number of carbonyl (C=O) groups excluding carboxylic acids is 2. The first-order valence-corrected chi connectivity index (χ1v) is 8.32. The van der Waals surface area contributed by atoms with Gasteiger partial charge >= 0.3 is 5.97 Å². The number of ether oxygens (including phenoxy) is 3. The van der Waals surface area contributed by atoms with E-state index in [1.165, 1.54) is 4.90 Å². The van der Waals surface area contributed by atoms with E-state index in [0.29, 0.717) is 17.9 Å². The predicted octanol–water partition coefficient (Wildman–Crippen LogP) is 2.84. The largest absolute Gasteiger partial charge is 0.494 e. The van der Waals surface area contributed by atoms with Gasteiger partial charge in [0.2, 0.25) is 6.10 Å². The van der Waals surface area contributed by atoms with Gasteiger partial charge in [0.25, 0.3) is 5.91 Å². The first-order chi connectivity index (χ1) is 12.5. The Bertz CT molecular complexity index is 713. The van der Waals surface area contributed by atoms with E-state index >= 15 is 0 Å². The minimum atomic E-state index is -0.998. The summed E-state index contributed by atoms with van der Waals surface area (Å²) in [5.41, 5.74) is 0.612. The maximum Gasteiger partial charge on any atom is 0.345 e. The molecule has 0 saturated heterocycles. The predicted molar refractivity (Wildman–Crippen MR) is 97.1 cm³/mol. The van der Waals surface area contributed by atoms with Crippen LogP contribution in [0.25, 0.3) is 0 Å². The number of amides is 1. The lowest BCUT2D eigenvalue weighted by molar-refractivity contribution is -0.161. The summed E-state index contributed by atoms with van der Waals surface area (Å²) in [7, 11) is 3.23. The Labute approximate surface area is 153 Å². The molecule has 1 atom stereocenters. The Kier molecular flexibility index (Phi) is 7.02. The van der Waals surface area contributed by atoms with Gasteiger partial charge in [0, 0.05) is 19.7 Å². The third-order valence-electron chi connectivity index (χ3n) is 3.51. The van der Waals surface area contributed by atoms with Gasteiger partial charge in [-0.2, -0.15) is 0 Å². The van der Waals surface area contributed by atoms with Crippen molar-refractivity contribution in [2.24, 2.45) is 0 Å². The second-order valence-corrected chi connectivity index (χ2v) is 5.71. The molecule has 0 N–H and O–H groups in total. The van der Waals surface area contributed by atoms with Crippen LogP contribution in [0.2, 0.25) is 0 Å². The highest BCUT2D eigenvalue weighted by molar-refractivity contribution is 5.85. The summed E-state index contributed by atoms with van der Waals surface area (Å²) >= 11 is 0. The van der Waals surface area contributed by atoms with Gasteiger partial charge in [-0.25, -0.2) is 4.79 Å². The molecule has 138 valence electrons. The van der Waals surface area contributed by atoms with Crippen molar-refractivity contribution < 1.29 is 23.8 Å². The second-order valence-electron chi connectivity index (χ2n) is 5.71. The molecule has 0 aliphatic heterocycles. The fraction of sp³-hybridized carbons (Fsp3) is 0.300. The van der Waals surface area contributed by atoms with Crippen LogP contribution >= 0.6 is 0 Å². The van der Waals surface area contributed by atoms with E-state index < -0.39 is 12.1 Å². The molecule has 0 saturated carbocycles. The topological polar surface area (TPSA) is 65.1 Å². The molecule has 0 spiro atoms. The number of hydrogen-bond donors (Lipinski definition) is 0. The summed E-state index contributed by atoms with van der Waals surface area (Å²) in [6.45, 7) is 2.18. The third kappa shape index (κ3) is 5.51. The van der Waals surface area contributed by atoms with Crippen molar-refractivity contribution in [2.75, 3.05) is 27.3 Å².